The number of aliphatic imine (C=N–C) groups is 1. The number of ether oxygens (including phenoxy) is 2. The Labute approximate surface area is 170 Å². The first-order chi connectivity index (χ1) is 13.5. The molecule has 28 heavy (non-hydrogen) atoms. The number of methoxy groups -OCH3 is 1. The van der Waals surface area contributed by atoms with E-state index in [1.54, 1.807) is 7.11 Å². The van der Waals surface area contributed by atoms with Gasteiger partial charge in [-0.15, -0.1) is 0 Å². The van der Waals surface area contributed by atoms with Crippen LogP contribution in [0.15, 0.2) is 23.2 Å². The molecule has 1 aliphatic heterocycles. The summed E-state index contributed by atoms with van der Waals surface area (Å²) in [4.78, 5) is 9.71. The van der Waals surface area contributed by atoms with Crippen molar-refractivity contribution in [3.63, 3.8) is 0 Å². The van der Waals surface area contributed by atoms with E-state index in [0.717, 1.165) is 63.2 Å². The van der Waals surface area contributed by atoms with Gasteiger partial charge in [0, 0.05) is 57.6 Å². The van der Waals surface area contributed by atoms with Gasteiger partial charge in [0.15, 0.2) is 17.5 Å². The molecule has 1 fully saturated rings. The van der Waals surface area contributed by atoms with Crippen molar-refractivity contribution in [2.24, 2.45) is 10.9 Å². The van der Waals surface area contributed by atoms with Gasteiger partial charge < -0.3 is 29.9 Å². The summed E-state index contributed by atoms with van der Waals surface area (Å²) in [7, 11) is 3.84. The van der Waals surface area contributed by atoms with Crippen molar-refractivity contribution < 1.29 is 9.47 Å². The quantitative estimate of drug-likeness (QED) is 0.498. The Bertz CT molecular complexity index is 615. The molecule has 1 atom stereocenters. The number of piperazine rings is 1. The van der Waals surface area contributed by atoms with Gasteiger partial charge in [-0.2, -0.15) is 0 Å². The average Bonchev–Trinajstić information content (AvgIpc) is 2.69. The first kappa shape index (κ1) is 22.3. The molecule has 1 heterocycles. The van der Waals surface area contributed by atoms with E-state index in [9.17, 15) is 0 Å². The van der Waals surface area contributed by atoms with Crippen molar-refractivity contribution in [2.75, 3.05) is 71.9 Å². The van der Waals surface area contributed by atoms with Crippen LogP contribution in [0.5, 0.6) is 11.5 Å². The van der Waals surface area contributed by atoms with E-state index in [1.165, 1.54) is 0 Å². The Morgan fingerprint density at radius 2 is 1.93 bits per heavy atom. The maximum atomic E-state index is 5.59. The van der Waals surface area contributed by atoms with Gasteiger partial charge in [-0.3, -0.25) is 4.99 Å². The van der Waals surface area contributed by atoms with E-state index < -0.39 is 0 Å². The average molecular weight is 392 g/mol. The Hall–Kier alpha value is -1.99. The van der Waals surface area contributed by atoms with Crippen LogP contribution in [-0.2, 0) is 0 Å². The van der Waals surface area contributed by atoms with E-state index in [4.69, 9.17) is 14.5 Å². The molecule has 1 unspecified atom stereocenters. The maximum Gasteiger partial charge on any atom is 0.195 e. The molecule has 7 heteroatoms. The predicted octanol–water partition coefficient (Wildman–Crippen LogP) is 2.35. The fourth-order valence-electron chi connectivity index (χ4n) is 3.24. The van der Waals surface area contributed by atoms with E-state index in [-0.39, 0.29) is 0 Å². The molecule has 158 valence electrons. The van der Waals surface area contributed by atoms with Crippen molar-refractivity contribution in [1.82, 2.24) is 15.1 Å². The molecule has 0 aliphatic carbocycles. The fourth-order valence-corrected chi connectivity index (χ4v) is 3.24. The zero-order chi connectivity index (χ0) is 20.4. The summed E-state index contributed by atoms with van der Waals surface area (Å²) in [6.07, 6.45) is 0. The zero-order valence-corrected chi connectivity index (χ0v) is 18.1. The Kier molecular flexibility index (Phi) is 9.37. The molecular weight excluding hydrogens is 354 g/mol. The van der Waals surface area contributed by atoms with E-state index in [1.807, 2.05) is 25.1 Å². The summed E-state index contributed by atoms with van der Waals surface area (Å²) in [5.41, 5.74) is 0.923. The van der Waals surface area contributed by atoms with Crippen LogP contribution in [0.1, 0.15) is 20.8 Å². The highest BCUT2D eigenvalue weighted by molar-refractivity contribution is 5.93. The summed E-state index contributed by atoms with van der Waals surface area (Å²) in [5, 5.41) is 6.69. The number of hydrogen-bond acceptors (Lipinski definition) is 5. The molecule has 1 aromatic carbocycles. The predicted molar refractivity (Wildman–Crippen MR) is 117 cm³/mol. The van der Waals surface area contributed by atoms with Crippen molar-refractivity contribution >= 4 is 11.6 Å². The van der Waals surface area contributed by atoms with E-state index in [0.29, 0.717) is 18.3 Å². The van der Waals surface area contributed by atoms with Gasteiger partial charge in [0.1, 0.15) is 0 Å². The minimum absolute atomic E-state index is 0.508. The largest absolute Gasteiger partial charge is 0.493 e. The van der Waals surface area contributed by atoms with Crippen LogP contribution >= 0.6 is 0 Å². The number of benzene rings is 1. The molecule has 1 aromatic rings. The van der Waals surface area contributed by atoms with Crippen molar-refractivity contribution in [2.45, 2.75) is 20.8 Å². The number of nitrogens with zero attached hydrogens (tertiary/aromatic N) is 3. The number of hydrogen-bond donors (Lipinski definition) is 2. The highest BCUT2D eigenvalue weighted by Crippen LogP contribution is 2.30. The maximum absolute atomic E-state index is 5.59. The lowest BCUT2D eigenvalue weighted by Crippen LogP contribution is -2.46. The van der Waals surface area contributed by atoms with Crippen molar-refractivity contribution in [3.05, 3.63) is 18.2 Å². The van der Waals surface area contributed by atoms with Crippen molar-refractivity contribution in [3.8, 4) is 11.5 Å². The van der Waals surface area contributed by atoms with Gasteiger partial charge in [0.2, 0.25) is 0 Å². The van der Waals surface area contributed by atoms with Crippen LogP contribution in [0, 0.1) is 5.92 Å². The van der Waals surface area contributed by atoms with Gasteiger partial charge in [-0.25, -0.2) is 0 Å². The fraction of sp³-hybridized carbons (Fsp3) is 0.667. The minimum atomic E-state index is 0.508. The number of likely N-dealkylation sites (N-methyl/N-ethyl adjacent to an activating group) is 1. The first-order valence-electron chi connectivity index (χ1n) is 10.3. The second kappa shape index (κ2) is 11.8. The van der Waals surface area contributed by atoms with Gasteiger partial charge in [0.25, 0.3) is 0 Å². The topological polar surface area (TPSA) is 61.4 Å². The van der Waals surface area contributed by atoms with Crippen molar-refractivity contribution in [1.29, 1.82) is 0 Å². The van der Waals surface area contributed by atoms with Gasteiger partial charge in [0.05, 0.1) is 13.7 Å². The third-order valence-corrected chi connectivity index (χ3v) is 4.80. The second-order valence-electron chi connectivity index (χ2n) is 7.35. The molecule has 1 aliphatic rings. The standard InChI is InChI=1S/C21H37N5O2/c1-6-22-21(23-15-17(3)16-26-12-10-25(4)11-13-26)24-18-8-9-19(28-7-2)20(14-18)27-5/h8-9,14,17H,6-7,10-13,15-16H2,1-5H3,(H2,22,23,24). The molecule has 1 saturated heterocycles. The summed E-state index contributed by atoms with van der Waals surface area (Å²) in [6, 6.07) is 5.84. The van der Waals surface area contributed by atoms with Gasteiger partial charge >= 0.3 is 0 Å². The molecule has 0 bridgehead atoms. The first-order valence-corrected chi connectivity index (χ1v) is 10.3. The molecule has 7 nitrogen and oxygen atoms in total. The number of guanidine groups is 1. The van der Waals surface area contributed by atoms with Gasteiger partial charge in [-0.05, 0) is 38.9 Å². The SMILES string of the molecule is CCNC(=NCC(C)CN1CCN(C)CC1)Nc1ccc(OCC)c(OC)c1. The summed E-state index contributed by atoms with van der Waals surface area (Å²) < 4.78 is 11.0. The monoisotopic (exact) mass is 391 g/mol. The Balaban J connectivity index is 1.94. The molecule has 0 aromatic heterocycles. The van der Waals surface area contributed by atoms with Crippen LogP contribution in [0.3, 0.4) is 0 Å². The molecule has 2 rings (SSSR count). The Morgan fingerprint density at radius 1 is 1.18 bits per heavy atom. The molecule has 2 N–H and O–H groups in total. The highest BCUT2D eigenvalue weighted by Gasteiger charge is 2.16. The van der Waals surface area contributed by atoms with Gasteiger partial charge in [-0.1, -0.05) is 6.92 Å². The number of rotatable bonds is 9. The molecule has 0 spiro atoms. The summed E-state index contributed by atoms with van der Waals surface area (Å²) in [5.74, 6) is 2.76. The summed E-state index contributed by atoms with van der Waals surface area (Å²) >= 11 is 0. The zero-order valence-electron chi connectivity index (χ0n) is 18.1. The minimum Gasteiger partial charge on any atom is -0.493 e. The molecule has 0 amide bonds. The highest BCUT2D eigenvalue weighted by atomic mass is 16.5. The molecule has 0 saturated carbocycles. The lowest BCUT2D eigenvalue weighted by Gasteiger charge is -2.33. The smallest absolute Gasteiger partial charge is 0.195 e. The molecule has 0 radical (unpaired) electrons. The van der Waals surface area contributed by atoms with Crippen LogP contribution in [-0.4, -0.2) is 82.3 Å². The lowest BCUT2D eigenvalue weighted by molar-refractivity contribution is 0.140. The van der Waals surface area contributed by atoms with Crippen LogP contribution < -0.4 is 20.1 Å². The normalized spacial score (nSPS) is 17.2. The van der Waals surface area contributed by atoms with Crippen LogP contribution in [0.4, 0.5) is 5.69 Å². The Morgan fingerprint density at radius 3 is 2.57 bits per heavy atom. The molecular formula is C21H37N5O2. The number of nitrogens with one attached hydrogen (secondary N) is 2. The third-order valence-electron chi connectivity index (χ3n) is 4.80. The van der Waals surface area contributed by atoms with Crippen LogP contribution in [0.25, 0.3) is 0 Å². The van der Waals surface area contributed by atoms with Crippen LogP contribution in [0.2, 0.25) is 0 Å². The second-order valence-corrected chi connectivity index (χ2v) is 7.35. The van der Waals surface area contributed by atoms with E-state index >= 15 is 0 Å². The summed E-state index contributed by atoms with van der Waals surface area (Å²) in [6.45, 7) is 14.2. The third kappa shape index (κ3) is 7.20. The van der Waals surface area contributed by atoms with E-state index in [2.05, 4.69) is 41.3 Å². The number of anilines is 1. The lowest BCUT2D eigenvalue weighted by atomic mass is 10.1.